The average molecular weight is 253 g/mol. The topological polar surface area (TPSA) is 33.1 Å². The van der Waals surface area contributed by atoms with Crippen LogP contribution < -0.4 is 0 Å². The van der Waals surface area contributed by atoms with Crippen molar-refractivity contribution >= 4 is 10.9 Å². The van der Waals surface area contributed by atoms with Crippen molar-refractivity contribution in [1.29, 1.82) is 0 Å². The van der Waals surface area contributed by atoms with E-state index in [4.69, 9.17) is 0 Å². The lowest BCUT2D eigenvalue weighted by Gasteiger charge is -2.12. The van der Waals surface area contributed by atoms with Gasteiger partial charge in [0.25, 0.3) is 0 Å². The molecule has 1 aromatic heterocycles. The van der Waals surface area contributed by atoms with Crippen molar-refractivity contribution in [1.82, 2.24) is 4.98 Å². The second-order valence-corrected chi connectivity index (χ2v) is 4.41. The van der Waals surface area contributed by atoms with Gasteiger partial charge in [0.1, 0.15) is 11.9 Å². The number of aliphatic hydroxyl groups excluding tert-OH is 1. The van der Waals surface area contributed by atoms with Gasteiger partial charge in [-0.1, -0.05) is 24.3 Å². The number of nitrogens with zero attached hydrogens (tertiary/aromatic N) is 1. The van der Waals surface area contributed by atoms with Gasteiger partial charge in [-0.25, -0.2) is 4.39 Å². The molecule has 1 N–H and O–H groups in total. The minimum atomic E-state index is -0.759. The molecular weight excluding hydrogens is 241 g/mol. The molecule has 1 heterocycles. The number of pyridine rings is 1. The summed E-state index contributed by atoms with van der Waals surface area (Å²) in [6.45, 7) is 0. The van der Waals surface area contributed by atoms with Crippen LogP contribution in [0.4, 0.5) is 4.39 Å². The molecular formula is C16H12FNO. The van der Waals surface area contributed by atoms with E-state index >= 15 is 0 Å². The molecule has 0 amide bonds. The molecule has 2 aromatic carbocycles. The van der Waals surface area contributed by atoms with E-state index in [-0.39, 0.29) is 5.82 Å². The molecule has 0 aliphatic rings. The van der Waals surface area contributed by atoms with Crippen LogP contribution in [0.3, 0.4) is 0 Å². The summed E-state index contributed by atoms with van der Waals surface area (Å²) in [5.41, 5.74) is 2.33. The van der Waals surface area contributed by atoms with Gasteiger partial charge in [-0.15, -0.1) is 0 Å². The number of fused-ring (bicyclic) bond motifs is 1. The zero-order valence-electron chi connectivity index (χ0n) is 10.1. The Hall–Kier alpha value is -2.26. The first-order valence-corrected chi connectivity index (χ1v) is 6.02. The Balaban J connectivity index is 2.01. The standard InChI is InChI=1S/C16H12FNO/c17-14-6-3-11(4-7-14)16(19)13-5-8-15-12(10-13)2-1-9-18-15/h1-10,16,19H. The Kier molecular flexibility index (Phi) is 2.97. The third-order valence-electron chi connectivity index (χ3n) is 3.13. The van der Waals surface area contributed by atoms with Crippen molar-refractivity contribution in [3.05, 3.63) is 77.7 Å². The van der Waals surface area contributed by atoms with Gasteiger partial charge in [0.15, 0.2) is 0 Å². The summed E-state index contributed by atoms with van der Waals surface area (Å²) in [7, 11) is 0. The minimum Gasteiger partial charge on any atom is -0.384 e. The van der Waals surface area contributed by atoms with E-state index in [0.717, 1.165) is 16.5 Å². The highest BCUT2D eigenvalue weighted by molar-refractivity contribution is 5.79. The first kappa shape index (κ1) is 11.8. The highest BCUT2D eigenvalue weighted by Gasteiger charge is 2.11. The number of hydrogen-bond donors (Lipinski definition) is 1. The third kappa shape index (κ3) is 2.33. The van der Waals surface area contributed by atoms with Crippen molar-refractivity contribution < 1.29 is 9.50 Å². The number of aliphatic hydroxyl groups is 1. The lowest BCUT2D eigenvalue weighted by molar-refractivity contribution is 0.220. The van der Waals surface area contributed by atoms with E-state index in [0.29, 0.717) is 5.56 Å². The van der Waals surface area contributed by atoms with Crippen LogP contribution in [0.5, 0.6) is 0 Å². The van der Waals surface area contributed by atoms with Crippen molar-refractivity contribution in [2.75, 3.05) is 0 Å². The third-order valence-corrected chi connectivity index (χ3v) is 3.13. The van der Waals surface area contributed by atoms with Gasteiger partial charge >= 0.3 is 0 Å². The van der Waals surface area contributed by atoms with E-state index in [1.54, 1.807) is 18.3 Å². The Bertz CT molecular complexity index is 709. The molecule has 0 bridgehead atoms. The van der Waals surface area contributed by atoms with E-state index in [1.807, 2.05) is 30.3 Å². The molecule has 19 heavy (non-hydrogen) atoms. The molecule has 1 unspecified atom stereocenters. The fraction of sp³-hybridized carbons (Fsp3) is 0.0625. The van der Waals surface area contributed by atoms with Crippen molar-refractivity contribution in [2.24, 2.45) is 0 Å². The number of benzene rings is 2. The fourth-order valence-corrected chi connectivity index (χ4v) is 2.10. The first-order chi connectivity index (χ1) is 9.24. The molecule has 2 nitrogen and oxygen atoms in total. The summed E-state index contributed by atoms with van der Waals surface area (Å²) >= 11 is 0. The molecule has 3 aromatic rings. The van der Waals surface area contributed by atoms with Crippen LogP contribution in [-0.4, -0.2) is 10.1 Å². The second-order valence-electron chi connectivity index (χ2n) is 4.41. The molecule has 0 saturated carbocycles. The Morgan fingerprint density at radius 3 is 2.47 bits per heavy atom. The Morgan fingerprint density at radius 2 is 1.68 bits per heavy atom. The van der Waals surface area contributed by atoms with Crippen molar-refractivity contribution in [2.45, 2.75) is 6.10 Å². The second kappa shape index (κ2) is 4.78. The van der Waals surface area contributed by atoms with E-state index in [9.17, 15) is 9.50 Å². The van der Waals surface area contributed by atoms with Crippen LogP contribution in [0.1, 0.15) is 17.2 Å². The molecule has 94 valence electrons. The van der Waals surface area contributed by atoms with Crippen LogP contribution in [-0.2, 0) is 0 Å². The predicted molar refractivity (Wildman–Crippen MR) is 72.2 cm³/mol. The van der Waals surface area contributed by atoms with Crippen molar-refractivity contribution in [3.63, 3.8) is 0 Å². The monoisotopic (exact) mass is 253 g/mol. The van der Waals surface area contributed by atoms with Gasteiger partial charge in [-0.3, -0.25) is 4.98 Å². The maximum Gasteiger partial charge on any atom is 0.123 e. The largest absolute Gasteiger partial charge is 0.384 e. The quantitative estimate of drug-likeness (QED) is 0.758. The number of aromatic nitrogens is 1. The zero-order chi connectivity index (χ0) is 13.2. The van der Waals surface area contributed by atoms with Gasteiger partial charge in [-0.05, 0) is 41.5 Å². The maximum absolute atomic E-state index is 12.9. The summed E-state index contributed by atoms with van der Waals surface area (Å²) in [6.07, 6.45) is 0.975. The van der Waals surface area contributed by atoms with Gasteiger partial charge in [0, 0.05) is 11.6 Å². The normalized spacial score (nSPS) is 12.5. The average Bonchev–Trinajstić information content (AvgIpc) is 2.47. The summed E-state index contributed by atoms with van der Waals surface area (Å²) < 4.78 is 12.9. The smallest absolute Gasteiger partial charge is 0.123 e. The molecule has 0 saturated heterocycles. The highest BCUT2D eigenvalue weighted by atomic mass is 19.1. The number of halogens is 1. The van der Waals surface area contributed by atoms with Crippen LogP contribution in [0, 0.1) is 5.82 Å². The van der Waals surface area contributed by atoms with Gasteiger partial charge < -0.3 is 5.11 Å². The SMILES string of the molecule is OC(c1ccc(F)cc1)c1ccc2ncccc2c1. The molecule has 0 radical (unpaired) electrons. The molecule has 0 spiro atoms. The van der Waals surface area contributed by atoms with E-state index in [2.05, 4.69) is 4.98 Å². The highest BCUT2D eigenvalue weighted by Crippen LogP contribution is 2.24. The Morgan fingerprint density at radius 1 is 0.947 bits per heavy atom. The molecule has 0 fully saturated rings. The fourth-order valence-electron chi connectivity index (χ4n) is 2.10. The van der Waals surface area contributed by atoms with E-state index < -0.39 is 6.10 Å². The molecule has 3 rings (SSSR count). The zero-order valence-corrected chi connectivity index (χ0v) is 10.1. The van der Waals surface area contributed by atoms with Crippen molar-refractivity contribution in [3.8, 4) is 0 Å². The Labute approximate surface area is 110 Å². The predicted octanol–water partition coefficient (Wildman–Crippen LogP) is 3.46. The molecule has 3 heteroatoms. The van der Waals surface area contributed by atoms with E-state index in [1.165, 1.54) is 12.1 Å². The van der Waals surface area contributed by atoms with Crippen LogP contribution in [0.15, 0.2) is 60.8 Å². The maximum atomic E-state index is 12.9. The lowest BCUT2D eigenvalue weighted by Crippen LogP contribution is -1.99. The minimum absolute atomic E-state index is 0.307. The van der Waals surface area contributed by atoms with Gasteiger partial charge in [0.05, 0.1) is 5.52 Å². The molecule has 1 atom stereocenters. The molecule has 0 aliphatic carbocycles. The van der Waals surface area contributed by atoms with Crippen LogP contribution in [0.25, 0.3) is 10.9 Å². The van der Waals surface area contributed by atoms with Crippen LogP contribution >= 0.6 is 0 Å². The number of rotatable bonds is 2. The summed E-state index contributed by atoms with van der Waals surface area (Å²) in [5, 5.41) is 11.3. The first-order valence-electron chi connectivity index (χ1n) is 6.02. The lowest BCUT2D eigenvalue weighted by atomic mass is 10.00. The van der Waals surface area contributed by atoms with Crippen LogP contribution in [0.2, 0.25) is 0 Å². The molecule has 0 aliphatic heterocycles. The summed E-state index contributed by atoms with van der Waals surface area (Å²) in [4.78, 5) is 4.23. The number of hydrogen-bond acceptors (Lipinski definition) is 2. The summed E-state index contributed by atoms with van der Waals surface area (Å²) in [5.74, 6) is -0.307. The van der Waals surface area contributed by atoms with Gasteiger partial charge in [0.2, 0.25) is 0 Å². The van der Waals surface area contributed by atoms with Gasteiger partial charge in [-0.2, -0.15) is 0 Å². The summed E-state index contributed by atoms with van der Waals surface area (Å²) in [6, 6.07) is 15.3.